The van der Waals surface area contributed by atoms with E-state index in [1.807, 2.05) is 32.9 Å². The molecule has 38 heavy (non-hydrogen) atoms. The molecule has 0 aliphatic heterocycles. The molecular weight excluding hydrogens is 482 g/mol. The summed E-state index contributed by atoms with van der Waals surface area (Å²) in [6.45, 7) is 5.82. The maximum atomic E-state index is 12.4. The topological polar surface area (TPSA) is 133 Å². The van der Waals surface area contributed by atoms with Crippen LogP contribution in [0.4, 0.5) is 10.7 Å². The lowest BCUT2D eigenvalue weighted by Crippen LogP contribution is -2.27. The number of anilines is 1. The van der Waals surface area contributed by atoms with E-state index in [0.717, 1.165) is 10.9 Å². The summed E-state index contributed by atoms with van der Waals surface area (Å²) in [7, 11) is 0. The fourth-order valence-electron chi connectivity index (χ4n) is 3.40. The standard InChI is InChI=1S/C27H23N9O2/c1-27(2,3)38-26(37)36-22-8-6-18(15-19(22)16-33-36)5-7-20-9-13-30-24(34-20)21-10-14-31-25(35-21)32-17-23-28-11-4-12-29-23/h4,6,8-16H,17H2,1-3H3,(H,31,32,35). The number of ether oxygens (including phenoxy) is 1. The number of nitrogens with zero attached hydrogens (tertiary/aromatic N) is 8. The minimum Gasteiger partial charge on any atom is -0.442 e. The lowest BCUT2D eigenvalue weighted by Gasteiger charge is -2.19. The Balaban J connectivity index is 1.32. The second-order valence-electron chi connectivity index (χ2n) is 9.11. The molecule has 4 aromatic heterocycles. The van der Waals surface area contributed by atoms with Crippen LogP contribution in [0, 0.1) is 11.8 Å². The lowest BCUT2D eigenvalue weighted by molar-refractivity contribution is 0.0522. The number of nitrogens with one attached hydrogen (secondary N) is 1. The zero-order valence-corrected chi connectivity index (χ0v) is 21.0. The van der Waals surface area contributed by atoms with Crippen molar-refractivity contribution in [2.45, 2.75) is 32.9 Å². The Morgan fingerprint density at radius 2 is 1.79 bits per heavy atom. The van der Waals surface area contributed by atoms with Crippen LogP contribution in [-0.4, -0.2) is 51.4 Å². The third-order valence-corrected chi connectivity index (χ3v) is 5.03. The third kappa shape index (κ3) is 5.93. The van der Waals surface area contributed by atoms with Gasteiger partial charge >= 0.3 is 6.09 Å². The molecule has 1 N–H and O–H groups in total. The number of hydrogen-bond acceptors (Lipinski definition) is 10. The lowest BCUT2D eigenvalue weighted by atomic mass is 10.1. The molecule has 1 aromatic carbocycles. The predicted octanol–water partition coefficient (Wildman–Crippen LogP) is 3.87. The Labute approximate surface area is 218 Å². The summed E-state index contributed by atoms with van der Waals surface area (Å²) in [5.74, 6) is 7.63. The van der Waals surface area contributed by atoms with Crippen molar-refractivity contribution in [2.75, 3.05) is 5.32 Å². The molecule has 11 heteroatoms. The van der Waals surface area contributed by atoms with Crippen molar-refractivity contribution in [1.82, 2.24) is 39.7 Å². The Hall–Kier alpha value is -5.24. The maximum absolute atomic E-state index is 12.4. The van der Waals surface area contributed by atoms with Crippen LogP contribution >= 0.6 is 0 Å². The van der Waals surface area contributed by atoms with Crippen molar-refractivity contribution in [3.05, 3.63) is 84.5 Å². The van der Waals surface area contributed by atoms with Gasteiger partial charge in [-0.15, -0.1) is 0 Å². The number of carbonyl (C=O) groups excluding carboxylic acids is 1. The summed E-state index contributed by atoms with van der Waals surface area (Å²) in [6.07, 6.45) is 7.69. The average molecular weight is 506 g/mol. The quantitative estimate of drug-likeness (QED) is 0.359. The van der Waals surface area contributed by atoms with Gasteiger partial charge in [0.2, 0.25) is 5.95 Å². The van der Waals surface area contributed by atoms with E-state index in [-0.39, 0.29) is 0 Å². The van der Waals surface area contributed by atoms with Crippen molar-refractivity contribution in [1.29, 1.82) is 0 Å². The molecule has 0 fully saturated rings. The zero-order valence-electron chi connectivity index (χ0n) is 21.0. The van der Waals surface area contributed by atoms with Crippen molar-refractivity contribution >= 4 is 22.9 Å². The van der Waals surface area contributed by atoms with E-state index in [9.17, 15) is 4.79 Å². The number of aromatic nitrogens is 8. The van der Waals surface area contributed by atoms with Crippen LogP contribution in [0.25, 0.3) is 22.4 Å². The first-order valence-corrected chi connectivity index (χ1v) is 11.7. The first kappa shape index (κ1) is 24.5. The van der Waals surface area contributed by atoms with E-state index in [0.29, 0.717) is 41.0 Å². The number of benzene rings is 1. The summed E-state index contributed by atoms with van der Waals surface area (Å²) in [5.41, 5.74) is 1.86. The summed E-state index contributed by atoms with van der Waals surface area (Å²) < 4.78 is 6.66. The van der Waals surface area contributed by atoms with E-state index in [1.54, 1.807) is 55.2 Å². The van der Waals surface area contributed by atoms with Gasteiger partial charge < -0.3 is 10.1 Å². The Kier molecular flexibility index (Phi) is 6.69. The first-order valence-electron chi connectivity index (χ1n) is 11.7. The molecule has 5 rings (SSSR count). The number of hydrogen-bond donors (Lipinski definition) is 1. The minimum atomic E-state index is -0.613. The molecule has 0 radical (unpaired) electrons. The molecule has 0 saturated carbocycles. The highest BCUT2D eigenvalue weighted by Gasteiger charge is 2.20. The van der Waals surface area contributed by atoms with E-state index < -0.39 is 11.7 Å². The van der Waals surface area contributed by atoms with E-state index >= 15 is 0 Å². The van der Waals surface area contributed by atoms with Gasteiger partial charge in [0.15, 0.2) is 5.82 Å². The largest absolute Gasteiger partial charge is 0.442 e. The van der Waals surface area contributed by atoms with Gasteiger partial charge in [0.05, 0.1) is 18.3 Å². The molecular formula is C27H23N9O2. The Morgan fingerprint density at radius 3 is 2.61 bits per heavy atom. The summed E-state index contributed by atoms with van der Waals surface area (Å²) >= 11 is 0. The molecule has 0 unspecified atom stereocenters. The first-order chi connectivity index (χ1) is 18.3. The number of rotatable bonds is 4. The molecule has 4 heterocycles. The normalized spacial score (nSPS) is 11.0. The van der Waals surface area contributed by atoms with Crippen molar-refractivity contribution in [3.63, 3.8) is 0 Å². The summed E-state index contributed by atoms with van der Waals surface area (Å²) in [4.78, 5) is 38.4. The van der Waals surface area contributed by atoms with Gasteiger partial charge in [-0.05, 0) is 63.1 Å². The van der Waals surface area contributed by atoms with Gasteiger partial charge in [-0.3, -0.25) is 0 Å². The third-order valence-electron chi connectivity index (χ3n) is 5.03. The fourth-order valence-corrected chi connectivity index (χ4v) is 3.40. The van der Waals surface area contributed by atoms with Gasteiger partial charge in [-0.25, -0.2) is 34.7 Å². The smallest absolute Gasteiger partial charge is 0.435 e. The van der Waals surface area contributed by atoms with Crippen molar-refractivity contribution in [3.8, 4) is 23.4 Å². The average Bonchev–Trinajstić information content (AvgIpc) is 3.34. The molecule has 0 spiro atoms. The summed E-state index contributed by atoms with van der Waals surface area (Å²) in [5, 5.41) is 8.04. The molecule has 5 aromatic rings. The SMILES string of the molecule is CC(C)(C)OC(=O)n1ncc2cc(C#Cc3ccnc(-c4ccnc(NCc5ncccn5)n4)n3)ccc21. The van der Waals surface area contributed by atoms with Crippen LogP contribution in [0.1, 0.15) is 37.9 Å². The molecule has 0 bridgehead atoms. The number of fused-ring (bicyclic) bond motifs is 1. The Morgan fingerprint density at radius 1 is 0.974 bits per heavy atom. The predicted molar refractivity (Wildman–Crippen MR) is 140 cm³/mol. The molecule has 0 atom stereocenters. The van der Waals surface area contributed by atoms with Gasteiger partial charge in [0, 0.05) is 35.7 Å². The highest BCUT2D eigenvalue weighted by atomic mass is 16.6. The van der Waals surface area contributed by atoms with Crippen molar-refractivity contribution < 1.29 is 9.53 Å². The highest BCUT2D eigenvalue weighted by molar-refractivity contribution is 5.88. The minimum absolute atomic E-state index is 0.387. The van der Waals surface area contributed by atoms with E-state index in [4.69, 9.17) is 4.74 Å². The molecule has 11 nitrogen and oxygen atoms in total. The van der Waals surface area contributed by atoms with Crippen LogP contribution in [0.15, 0.2) is 67.4 Å². The number of carbonyl (C=O) groups is 1. The second kappa shape index (κ2) is 10.4. The molecule has 0 saturated heterocycles. The fraction of sp³-hybridized carbons (Fsp3) is 0.185. The van der Waals surface area contributed by atoms with Gasteiger partial charge in [-0.1, -0.05) is 5.92 Å². The second-order valence-corrected chi connectivity index (χ2v) is 9.11. The van der Waals surface area contributed by atoms with Gasteiger partial charge in [-0.2, -0.15) is 9.78 Å². The van der Waals surface area contributed by atoms with Crippen LogP contribution < -0.4 is 5.32 Å². The highest BCUT2D eigenvalue weighted by Crippen LogP contribution is 2.18. The summed E-state index contributed by atoms with van der Waals surface area (Å²) in [6, 6.07) is 10.7. The monoisotopic (exact) mass is 505 g/mol. The molecule has 0 amide bonds. The van der Waals surface area contributed by atoms with Crippen LogP contribution in [-0.2, 0) is 11.3 Å². The van der Waals surface area contributed by atoms with Crippen LogP contribution in [0.3, 0.4) is 0 Å². The van der Waals surface area contributed by atoms with Crippen LogP contribution in [0.5, 0.6) is 0 Å². The van der Waals surface area contributed by atoms with Gasteiger partial charge in [0.1, 0.15) is 22.8 Å². The molecule has 0 aliphatic carbocycles. The van der Waals surface area contributed by atoms with E-state index in [2.05, 4.69) is 52.2 Å². The van der Waals surface area contributed by atoms with Crippen molar-refractivity contribution in [2.24, 2.45) is 0 Å². The van der Waals surface area contributed by atoms with Crippen LogP contribution in [0.2, 0.25) is 0 Å². The molecule has 188 valence electrons. The Bertz CT molecular complexity index is 1670. The van der Waals surface area contributed by atoms with Gasteiger partial charge in [0.25, 0.3) is 0 Å². The van der Waals surface area contributed by atoms with E-state index in [1.165, 1.54) is 4.68 Å². The molecule has 0 aliphatic rings. The zero-order chi connectivity index (χ0) is 26.5. The maximum Gasteiger partial charge on any atom is 0.435 e.